The third-order valence-corrected chi connectivity index (χ3v) is 7.17. The molecular weight excluding hydrogens is 500 g/mol. The van der Waals surface area contributed by atoms with Crippen molar-refractivity contribution in [3.63, 3.8) is 0 Å². The average molecular weight is 535 g/mol. The first-order valence-electron chi connectivity index (χ1n) is 12.9. The Kier molecular flexibility index (Phi) is 8.34. The predicted molar refractivity (Wildman–Crippen MR) is 149 cm³/mol. The van der Waals surface area contributed by atoms with Crippen molar-refractivity contribution in [2.24, 2.45) is 0 Å². The molecule has 0 bridgehead atoms. The summed E-state index contributed by atoms with van der Waals surface area (Å²) in [5.74, 6) is 0.559. The number of carbonyl (C=O) groups is 1. The molecule has 1 aliphatic rings. The van der Waals surface area contributed by atoms with Gasteiger partial charge >= 0.3 is 6.09 Å². The van der Waals surface area contributed by atoms with Gasteiger partial charge in [-0.3, -0.25) is 4.90 Å². The van der Waals surface area contributed by atoms with Crippen molar-refractivity contribution in [3.05, 3.63) is 58.9 Å². The standard InChI is InChI=1S/C29H34N4O4S/c1-18(2)36-25-14-13-19(17-23(25)30-6)26-31-32-27(38-26)22-11-7-10-21-20(22)9-8-12-24(21)33(15-16-34)28(35)37-29(3,4)5/h7,10-11,13-14,17-18,24,34H,8-9,12,15-16H2,1-5H3/t24-/m1/s1. The van der Waals surface area contributed by atoms with Crippen LogP contribution in [0, 0.1) is 6.57 Å². The van der Waals surface area contributed by atoms with Gasteiger partial charge in [-0.1, -0.05) is 35.6 Å². The zero-order chi connectivity index (χ0) is 27.4. The number of ether oxygens (including phenoxy) is 2. The van der Waals surface area contributed by atoms with E-state index in [-0.39, 0.29) is 25.3 Å². The van der Waals surface area contributed by atoms with Crippen molar-refractivity contribution in [1.82, 2.24) is 15.1 Å². The van der Waals surface area contributed by atoms with Crippen LogP contribution in [0.25, 0.3) is 26.0 Å². The molecule has 1 aliphatic carbocycles. The number of nitrogens with zero attached hydrogens (tertiary/aromatic N) is 4. The molecule has 4 rings (SSSR count). The number of aliphatic hydroxyl groups excluding tert-OH is 1. The van der Waals surface area contributed by atoms with Gasteiger partial charge in [0.2, 0.25) is 5.69 Å². The molecule has 1 atom stereocenters. The number of hydrogen-bond donors (Lipinski definition) is 1. The maximum absolute atomic E-state index is 13.1. The van der Waals surface area contributed by atoms with Crippen LogP contribution in [-0.2, 0) is 11.2 Å². The van der Waals surface area contributed by atoms with E-state index in [9.17, 15) is 9.90 Å². The smallest absolute Gasteiger partial charge is 0.410 e. The highest BCUT2D eigenvalue weighted by Crippen LogP contribution is 2.42. The molecule has 0 aliphatic heterocycles. The molecule has 2 aromatic carbocycles. The van der Waals surface area contributed by atoms with E-state index in [0.717, 1.165) is 51.5 Å². The predicted octanol–water partition coefficient (Wildman–Crippen LogP) is 6.82. The number of rotatable bonds is 7. The second-order valence-electron chi connectivity index (χ2n) is 10.6. The summed E-state index contributed by atoms with van der Waals surface area (Å²) in [7, 11) is 0. The van der Waals surface area contributed by atoms with Crippen molar-refractivity contribution >= 4 is 23.1 Å². The van der Waals surface area contributed by atoms with Gasteiger partial charge in [0.1, 0.15) is 21.4 Å². The molecule has 9 heteroatoms. The SMILES string of the molecule is [C-]#[N+]c1cc(-c2nnc(-c3cccc4c3CCC[C@H]4N(CCO)C(=O)OC(C)(C)C)s2)ccc1OC(C)C. The Morgan fingerprint density at radius 1 is 1.24 bits per heavy atom. The van der Waals surface area contributed by atoms with Gasteiger partial charge in [0, 0.05) is 17.7 Å². The van der Waals surface area contributed by atoms with Gasteiger partial charge in [-0.15, -0.1) is 10.2 Å². The van der Waals surface area contributed by atoms with Gasteiger partial charge in [-0.25, -0.2) is 9.64 Å². The van der Waals surface area contributed by atoms with E-state index in [1.54, 1.807) is 11.0 Å². The van der Waals surface area contributed by atoms with Crippen molar-refractivity contribution in [3.8, 4) is 26.9 Å². The molecule has 38 heavy (non-hydrogen) atoms. The number of aromatic nitrogens is 2. The quantitative estimate of drug-likeness (QED) is 0.335. The van der Waals surface area contributed by atoms with E-state index < -0.39 is 11.7 Å². The van der Waals surface area contributed by atoms with Crippen LogP contribution in [0.15, 0.2) is 36.4 Å². The second-order valence-corrected chi connectivity index (χ2v) is 11.5. The summed E-state index contributed by atoms with van der Waals surface area (Å²) in [6.45, 7) is 17.0. The molecule has 0 radical (unpaired) electrons. The summed E-state index contributed by atoms with van der Waals surface area (Å²) in [5, 5.41) is 20.2. The summed E-state index contributed by atoms with van der Waals surface area (Å²) >= 11 is 1.47. The lowest BCUT2D eigenvalue weighted by atomic mass is 9.84. The minimum atomic E-state index is -0.626. The van der Waals surface area contributed by atoms with Crippen LogP contribution in [0.3, 0.4) is 0 Å². The van der Waals surface area contributed by atoms with Crippen molar-refractivity contribution in [1.29, 1.82) is 0 Å². The monoisotopic (exact) mass is 534 g/mol. The zero-order valence-corrected chi connectivity index (χ0v) is 23.3. The van der Waals surface area contributed by atoms with E-state index in [1.165, 1.54) is 11.3 Å². The molecule has 1 N–H and O–H groups in total. The maximum atomic E-state index is 13.1. The summed E-state index contributed by atoms with van der Waals surface area (Å²) in [6.07, 6.45) is 2.11. The lowest BCUT2D eigenvalue weighted by Crippen LogP contribution is -2.42. The molecule has 0 fully saturated rings. The third kappa shape index (κ3) is 6.14. The number of hydrogen-bond acceptors (Lipinski definition) is 7. The van der Waals surface area contributed by atoms with Gasteiger partial charge in [0.05, 0.1) is 25.3 Å². The van der Waals surface area contributed by atoms with E-state index in [0.29, 0.717) is 11.4 Å². The molecule has 0 unspecified atom stereocenters. The molecule has 3 aromatic rings. The Balaban J connectivity index is 1.67. The van der Waals surface area contributed by atoms with Crippen LogP contribution in [0.5, 0.6) is 5.75 Å². The fourth-order valence-electron chi connectivity index (χ4n) is 4.69. The summed E-state index contributed by atoms with van der Waals surface area (Å²) in [4.78, 5) is 18.3. The van der Waals surface area contributed by atoms with Crippen molar-refractivity contribution in [2.75, 3.05) is 13.2 Å². The number of carbonyl (C=O) groups excluding carboxylic acids is 1. The highest BCUT2D eigenvalue weighted by atomic mass is 32.1. The summed E-state index contributed by atoms with van der Waals surface area (Å²) in [5.41, 5.74) is 3.82. The van der Waals surface area contributed by atoms with E-state index in [2.05, 4.69) is 21.1 Å². The molecule has 1 heterocycles. The van der Waals surface area contributed by atoms with Crippen LogP contribution < -0.4 is 4.74 Å². The van der Waals surface area contributed by atoms with Crippen LogP contribution in [0.2, 0.25) is 0 Å². The average Bonchev–Trinajstić information content (AvgIpc) is 3.35. The third-order valence-electron chi connectivity index (χ3n) is 6.17. The Labute approximate surface area is 228 Å². The van der Waals surface area contributed by atoms with Crippen LogP contribution in [-0.4, -0.2) is 51.2 Å². The van der Waals surface area contributed by atoms with Gasteiger partial charge in [-0.05, 0) is 77.1 Å². The zero-order valence-electron chi connectivity index (χ0n) is 22.5. The number of amides is 1. The normalized spacial score (nSPS) is 15.1. The number of aliphatic hydroxyl groups is 1. The Bertz CT molecular complexity index is 1340. The van der Waals surface area contributed by atoms with Crippen LogP contribution in [0.1, 0.15) is 64.6 Å². The van der Waals surface area contributed by atoms with Gasteiger partial charge in [0.15, 0.2) is 0 Å². The maximum Gasteiger partial charge on any atom is 0.410 e. The van der Waals surface area contributed by atoms with Crippen LogP contribution >= 0.6 is 11.3 Å². The van der Waals surface area contributed by atoms with E-state index in [4.69, 9.17) is 16.0 Å². The second kappa shape index (κ2) is 11.5. The highest BCUT2D eigenvalue weighted by molar-refractivity contribution is 7.17. The summed E-state index contributed by atoms with van der Waals surface area (Å²) in [6, 6.07) is 11.4. The minimum absolute atomic E-state index is 0.0220. The minimum Gasteiger partial charge on any atom is -0.502 e. The molecule has 1 amide bonds. The fraction of sp³-hybridized carbons (Fsp3) is 0.448. The van der Waals surface area contributed by atoms with Crippen LogP contribution in [0.4, 0.5) is 10.5 Å². The first-order chi connectivity index (χ1) is 18.1. The van der Waals surface area contributed by atoms with Gasteiger partial charge in [0.25, 0.3) is 0 Å². The fourth-order valence-corrected chi connectivity index (χ4v) is 5.58. The van der Waals surface area contributed by atoms with E-state index >= 15 is 0 Å². The number of benzene rings is 2. The highest BCUT2D eigenvalue weighted by Gasteiger charge is 2.33. The molecule has 8 nitrogen and oxygen atoms in total. The Morgan fingerprint density at radius 3 is 2.68 bits per heavy atom. The molecule has 0 saturated heterocycles. The topological polar surface area (TPSA) is 89.1 Å². The van der Waals surface area contributed by atoms with E-state index in [1.807, 2.05) is 58.9 Å². The van der Waals surface area contributed by atoms with Gasteiger partial charge in [-0.2, -0.15) is 0 Å². The summed E-state index contributed by atoms with van der Waals surface area (Å²) < 4.78 is 11.4. The number of fused-ring (bicyclic) bond motifs is 1. The molecule has 0 saturated carbocycles. The largest absolute Gasteiger partial charge is 0.502 e. The molecule has 1 aromatic heterocycles. The lowest BCUT2D eigenvalue weighted by molar-refractivity contribution is 0.0101. The molecular formula is C29H34N4O4S. The first kappa shape index (κ1) is 27.6. The Hall–Kier alpha value is -3.48. The molecule has 0 spiro atoms. The van der Waals surface area contributed by atoms with Crippen molar-refractivity contribution < 1.29 is 19.4 Å². The Morgan fingerprint density at radius 2 is 2.00 bits per heavy atom. The molecule has 200 valence electrons. The lowest BCUT2D eigenvalue weighted by Gasteiger charge is -2.37. The van der Waals surface area contributed by atoms with Gasteiger partial charge < -0.3 is 14.6 Å². The van der Waals surface area contributed by atoms with Crippen molar-refractivity contribution in [2.45, 2.75) is 71.6 Å². The first-order valence-corrected chi connectivity index (χ1v) is 13.7.